The maximum atomic E-state index is 16.3. The number of rotatable bonds is 2. The Morgan fingerprint density at radius 2 is 0.629 bits per heavy atom. The summed E-state index contributed by atoms with van der Waals surface area (Å²) in [6, 6.07) is 3.42. The standard InChI is InChI=1S/C48H36F10N4/c49-35-31(36(50)40(54)43(57)39(35)53)33-45-23-13-5-1-9-19(23)27(59-45)17-28-20-10-2-6-14-24(20)47(60-28)34(32-37(51)41(55)44(58)42(56)38(32)52)48-26-16-8-4-12-22(26)30(62-48)18-29-21-11-3-7-15-25(21)46(33)61-29/h17-18,59,61H,1-16H2. The second kappa shape index (κ2) is 14.5. The van der Waals surface area contributed by atoms with Crippen LogP contribution in [0.15, 0.2) is 12.1 Å². The summed E-state index contributed by atoms with van der Waals surface area (Å²) in [6.45, 7) is 0. The van der Waals surface area contributed by atoms with Gasteiger partial charge in [0.2, 0.25) is 11.6 Å². The number of halogens is 10. The van der Waals surface area contributed by atoms with Gasteiger partial charge in [-0.2, -0.15) is 0 Å². The third-order valence-corrected chi connectivity index (χ3v) is 13.8. The molecule has 62 heavy (non-hydrogen) atoms. The quantitative estimate of drug-likeness (QED) is 0.106. The molecule has 0 saturated heterocycles. The van der Waals surface area contributed by atoms with Crippen molar-refractivity contribution in [3.63, 3.8) is 0 Å². The van der Waals surface area contributed by atoms with Crippen LogP contribution in [0.3, 0.4) is 0 Å². The van der Waals surface area contributed by atoms with E-state index < -0.39 is 69.3 Å². The molecule has 0 amide bonds. The summed E-state index contributed by atoms with van der Waals surface area (Å²) in [4.78, 5) is 16.7. The van der Waals surface area contributed by atoms with Gasteiger partial charge in [-0.05, 0) is 159 Å². The number of H-pyrrole nitrogens is 2. The largest absolute Gasteiger partial charge is 0.354 e. The fourth-order valence-electron chi connectivity index (χ4n) is 10.9. The number of nitrogens with one attached hydrogen (secondary N) is 2. The van der Waals surface area contributed by atoms with Crippen molar-refractivity contribution in [2.45, 2.75) is 103 Å². The summed E-state index contributed by atoms with van der Waals surface area (Å²) in [5, 5.41) is 0. The van der Waals surface area contributed by atoms with E-state index in [0.717, 1.165) is 24.0 Å². The van der Waals surface area contributed by atoms with Crippen molar-refractivity contribution in [3.8, 4) is 22.3 Å². The molecule has 318 valence electrons. The first-order chi connectivity index (χ1) is 29.9. The Hall–Kier alpha value is -5.66. The molecule has 2 aliphatic heterocycles. The van der Waals surface area contributed by atoms with E-state index in [2.05, 4.69) is 9.97 Å². The van der Waals surface area contributed by atoms with E-state index in [1.807, 2.05) is 0 Å². The first-order valence-electron chi connectivity index (χ1n) is 21.3. The second-order valence-electron chi connectivity index (χ2n) is 17.1. The Labute approximate surface area is 347 Å². The molecule has 0 radical (unpaired) electrons. The summed E-state index contributed by atoms with van der Waals surface area (Å²) in [6.07, 6.45) is 9.07. The predicted molar refractivity (Wildman–Crippen MR) is 215 cm³/mol. The third kappa shape index (κ3) is 5.59. The lowest BCUT2D eigenvalue weighted by atomic mass is 9.84. The van der Waals surface area contributed by atoms with E-state index in [-0.39, 0.29) is 33.5 Å². The van der Waals surface area contributed by atoms with Gasteiger partial charge in [0, 0.05) is 22.2 Å². The number of aryl methyl sites for hydroxylation is 4. The van der Waals surface area contributed by atoms with Gasteiger partial charge in [-0.3, -0.25) is 0 Å². The average molecular weight is 859 g/mol. The number of benzene rings is 2. The van der Waals surface area contributed by atoms with Crippen LogP contribution in [0.1, 0.15) is 122 Å². The van der Waals surface area contributed by atoms with E-state index in [1.54, 1.807) is 12.1 Å². The minimum Gasteiger partial charge on any atom is -0.354 e. The van der Waals surface area contributed by atoms with E-state index in [0.29, 0.717) is 146 Å². The molecule has 4 aliphatic carbocycles. The Morgan fingerprint density at radius 3 is 1.02 bits per heavy atom. The van der Waals surface area contributed by atoms with Crippen molar-refractivity contribution in [1.82, 2.24) is 19.9 Å². The molecular formula is C48H36F10N4. The monoisotopic (exact) mass is 858 g/mol. The van der Waals surface area contributed by atoms with Crippen LogP contribution in [0.25, 0.3) is 66.6 Å². The Morgan fingerprint density at radius 1 is 0.323 bits per heavy atom. The number of nitrogens with zero attached hydrogens (tertiary/aromatic N) is 2. The van der Waals surface area contributed by atoms with Gasteiger partial charge < -0.3 is 9.97 Å². The van der Waals surface area contributed by atoms with Gasteiger partial charge in [0.25, 0.3) is 0 Å². The number of allylic oxidation sites excluding steroid dienone is 4. The van der Waals surface area contributed by atoms with Crippen LogP contribution in [0.2, 0.25) is 0 Å². The molecule has 8 bridgehead atoms. The maximum absolute atomic E-state index is 16.3. The summed E-state index contributed by atoms with van der Waals surface area (Å²) in [5.74, 6) is -20.8. The van der Waals surface area contributed by atoms with Gasteiger partial charge >= 0.3 is 0 Å². The third-order valence-electron chi connectivity index (χ3n) is 13.8. The number of fused-ring (bicyclic) bond motifs is 18. The van der Waals surface area contributed by atoms with Gasteiger partial charge in [0.15, 0.2) is 46.5 Å². The highest BCUT2D eigenvalue weighted by Crippen LogP contribution is 2.51. The molecule has 2 aromatic carbocycles. The highest BCUT2D eigenvalue weighted by molar-refractivity contribution is 6.05. The molecule has 3 aromatic heterocycles. The Bertz CT molecular complexity index is 2910. The molecule has 5 aromatic rings. The first kappa shape index (κ1) is 39.2. The lowest BCUT2D eigenvalue weighted by Crippen LogP contribution is -2.07. The molecule has 2 N–H and O–H groups in total. The summed E-state index contributed by atoms with van der Waals surface area (Å²) in [5.41, 5.74) is 4.78. The van der Waals surface area contributed by atoms with Crippen molar-refractivity contribution in [3.05, 3.63) is 115 Å². The van der Waals surface area contributed by atoms with E-state index >= 15 is 35.1 Å². The van der Waals surface area contributed by atoms with Crippen molar-refractivity contribution in [2.24, 2.45) is 0 Å². The predicted octanol–water partition coefficient (Wildman–Crippen LogP) is 13.8. The molecular weight excluding hydrogens is 823 g/mol. The topological polar surface area (TPSA) is 57.4 Å². The first-order valence-corrected chi connectivity index (χ1v) is 21.3. The zero-order chi connectivity index (χ0) is 42.9. The molecule has 0 atom stereocenters. The van der Waals surface area contributed by atoms with E-state index in [4.69, 9.17) is 9.97 Å². The van der Waals surface area contributed by atoms with Gasteiger partial charge in [0.05, 0.1) is 44.9 Å². The van der Waals surface area contributed by atoms with Crippen LogP contribution in [-0.2, 0) is 25.7 Å². The fraction of sp³-hybridized carbons (Fsp3) is 0.333. The van der Waals surface area contributed by atoms with Crippen LogP contribution in [0, 0.1) is 58.2 Å². The zero-order valence-corrected chi connectivity index (χ0v) is 33.1. The van der Waals surface area contributed by atoms with Crippen LogP contribution in [-0.4, -0.2) is 19.9 Å². The fourth-order valence-corrected chi connectivity index (χ4v) is 10.9. The van der Waals surface area contributed by atoms with Gasteiger partial charge in [-0.25, -0.2) is 53.9 Å². The molecule has 5 heterocycles. The number of hydrogen-bond acceptors (Lipinski definition) is 2. The Kier molecular flexibility index (Phi) is 9.14. The summed E-state index contributed by atoms with van der Waals surface area (Å²) >= 11 is 0. The minimum absolute atomic E-state index is 0.0486. The number of aromatic amines is 2. The van der Waals surface area contributed by atoms with E-state index in [9.17, 15) is 8.78 Å². The van der Waals surface area contributed by atoms with E-state index in [1.165, 1.54) is 0 Å². The molecule has 6 aliphatic rings. The van der Waals surface area contributed by atoms with Gasteiger partial charge in [-0.15, -0.1) is 0 Å². The number of aromatic nitrogens is 4. The smallest absolute Gasteiger partial charge is 0.200 e. The minimum atomic E-state index is -2.28. The van der Waals surface area contributed by atoms with Crippen LogP contribution in [0.4, 0.5) is 43.9 Å². The lowest BCUT2D eigenvalue weighted by molar-refractivity contribution is 0.381. The molecule has 0 unspecified atom stereocenters. The van der Waals surface area contributed by atoms with Crippen molar-refractivity contribution in [1.29, 1.82) is 0 Å². The Balaban J connectivity index is 1.40. The number of hydrogen-bond donors (Lipinski definition) is 2. The normalized spacial score (nSPS) is 17.3. The molecule has 14 heteroatoms. The molecule has 11 rings (SSSR count). The lowest BCUT2D eigenvalue weighted by Gasteiger charge is -2.19. The second-order valence-corrected chi connectivity index (χ2v) is 17.1. The summed E-state index contributed by atoms with van der Waals surface area (Å²) in [7, 11) is 0. The van der Waals surface area contributed by atoms with Crippen molar-refractivity contribution < 1.29 is 43.9 Å². The van der Waals surface area contributed by atoms with Crippen molar-refractivity contribution in [2.75, 3.05) is 0 Å². The highest BCUT2D eigenvalue weighted by Gasteiger charge is 2.37. The van der Waals surface area contributed by atoms with Crippen LogP contribution in [0.5, 0.6) is 0 Å². The summed E-state index contributed by atoms with van der Waals surface area (Å²) < 4.78 is 156. The molecule has 0 spiro atoms. The molecule has 0 fully saturated rings. The van der Waals surface area contributed by atoms with Crippen LogP contribution >= 0.6 is 0 Å². The highest BCUT2D eigenvalue weighted by atomic mass is 19.2. The zero-order valence-electron chi connectivity index (χ0n) is 33.1. The molecule has 0 saturated carbocycles. The maximum Gasteiger partial charge on any atom is 0.200 e. The van der Waals surface area contributed by atoms with Gasteiger partial charge in [0.1, 0.15) is 0 Å². The van der Waals surface area contributed by atoms with Gasteiger partial charge in [-0.1, -0.05) is 0 Å². The average Bonchev–Trinajstić information content (AvgIpc) is 4.05. The van der Waals surface area contributed by atoms with Crippen LogP contribution < -0.4 is 0 Å². The van der Waals surface area contributed by atoms with Crippen molar-refractivity contribution >= 4 is 44.4 Å². The molecule has 4 nitrogen and oxygen atoms in total. The SMILES string of the molecule is Fc1c(F)c(F)c(-c2c3nc(cc4[nH]c(c5c4CCCC5)c(-c4c(F)c(F)c(F)c(F)c4F)c4[nH]c(cc5nc2C2=C5CCCC2)c2c4CCCC2)C2=C3CCCC2)c(F)c1F.